The highest BCUT2D eigenvalue weighted by molar-refractivity contribution is 5.99. The molecule has 142 valence electrons. The third-order valence-electron chi connectivity index (χ3n) is 5.55. The molecule has 2 amide bonds. The van der Waals surface area contributed by atoms with Gasteiger partial charge in [-0.3, -0.25) is 4.90 Å². The number of likely N-dealkylation sites (tertiary alicyclic amines) is 1. The summed E-state index contributed by atoms with van der Waals surface area (Å²) in [5.74, 6) is 0.597. The van der Waals surface area contributed by atoms with E-state index in [1.165, 1.54) is 12.8 Å². The van der Waals surface area contributed by atoms with E-state index in [4.69, 9.17) is 0 Å². The Morgan fingerprint density at radius 2 is 1.57 bits per heavy atom. The predicted octanol–water partition coefficient (Wildman–Crippen LogP) is 4.36. The van der Waals surface area contributed by atoms with Crippen LogP contribution in [0, 0.1) is 0 Å². The molecule has 1 aliphatic carbocycles. The van der Waals surface area contributed by atoms with Crippen LogP contribution in [0.25, 0.3) is 0 Å². The molecule has 1 atom stereocenters. The maximum absolute atomic E-state index is 13.5. The van der Waals surface area contributed by atoms with Crippen LogP contribution in [0.4, 0.5) is 16.2 Å². The first kappa shape index (κ1) is 17.0. The summed E-state index contributed by atoms with van der Waals surface area (Å²) >= 11 is 0. The molecule has 6 nitrogen and oxygen atoms in total. The van der Waals surface area contributed by atoms with Gasteiger partial charge in [0, 0.05) is 25.2 Å². The van der Waals surface area contributed by atoms with Crippen LogP contribution in [0.3, 0.4) is 0 Å². The van der Waals surface area contributed by atoms with Crippen molar-refractivity contribution in [1.82, 2.24) is 19.9 Å². The Bertz CT molecular complexity index is 912. The number of amides is 2. The van der Waals surface area contributed by atoms with Crippen LogP contribution in [-0.4, -0.2) is 39.0 Å². The molecule has 2 fully saturated rings. The summed E-state index contributed by atoms with van der Waals surface area (Å²) in [6, 6.07) is 19.8. The van der Waals surface area contributed by atoms with E-state index in [1.807, 2.05) is 70.2 Å². The normalized spacial score (nSPS) is 19.0. The summed E-state index contributed by atoms with van der Waals surface area (Å²) in [7, 11) is 0. The van der Waals surface area contributed by atoms with E-state index >= 15 is 0 Å². The van der Waals surface area contributed by atoms with Gasteiger partial charge in [-0.15, -0.1) is 5.10 Å². The molecule has 0 spiro atoms. The summed E-state index contributed by atoms with van der Waals surface area (Å²) in [6.45, 7) is 1.38. The molecule has 2 heterocycles. The first-order chi connectivity index (χ1) is 13.8. The van der Waals surface area contributed by atoms with Gasteiger partial charge in [0.2, 0.25) is 0 Å². The van der Waals surface area contributed by atoms with Gasteiger partial charge < -0.3 is 4.90 Å². The van der Waals surface area contributed by atoms with Crippen LogP contribution >= 0.6 is 0 Å². The molecule has 0 radical (unpaired) electrons. The fourth-order valence-electron chi connectivity index (χ4n) is 3.83. The molecule has 2 aromatic carbocycles. The zero-order valence-corrected chi connectivity index (χ0v) is 15.7. The molecule has 2 aliphatic rings. The Morgan fingerprint density at radius 1 is 0.929 bits per heavy atom. The zero-order chi connectivity index (χ0) is 18.9. The number of rotatable bonds is 4. The van der Waals surface area contributed by atoms with E-state index in [0.717, 1.165) is 30.0 Å². The first-order valence-electron chi connectivity index (χ1n) is 9.90. The lowest BCUT2D eigenvalue weighted by molar-refractivity contribution is 0.216. The molecule has 1 aliphatic heterocycles. The number of anilines is 2. The molecule has 28 heavy (non-hydrogen) atoms. The van der Waals surface area contributed by atoms with E-state index in [2.05, 4.69) is 16.5 Å². The van der Waals surface area contributed by atoms with E-state index in [1.54, 1.807) is 4.90 Å². The van der Waals surface area contributed by atoms with Gasteiger partial charge in [-0.05, 0) is 43.5 Å². The third-order valence-corrected chi connectivity index (χ3v) is 5.55. The van der Waals surface area contributed by atoms with Gasteiger partial charge in [0.15, 0.2) is 0 Å². The Morgan fingerprint density at radius 3 is 2.18 bits per heavy atom. The van der Waals surface area contributed by atoms with Crippen molar-refractivity contribution in [2.75, 3.05) is 18.0 Å². The average molecular weight is 373 g/mol. The Hall–Kier alpha value is -3.15. The molecule has 6 heteroatoms. The lowest BCUT2D eigenvalue weighted by Gasteiger charge is -2.28. The molecule has 1 aromatic heterocycles. The highest BCUT2D eigenvalue weighted by Crippen LogP contribution is 2.39. The van der Waals surface area contributed by atoms with E-state index in [0.29, 0.717) is 12.5 Å². The van der Waals surface area contributed by atoms with Crippen LogP contribution in [0.1, 0.15) is 36.9 Å². The molecule has 1 saturated heterocycles. The molecule has 0 N–H and O–H groups in total. The summed E-state index contributed by atoms with van der Waals surface area (Å²) in [4.78, 5) is 17.2. The lowest BCUT2D eigenvalue weighted by atomic mass is 10.2. The zero-order valence-electron chi connectivity index (χ0n) is 15.7. The van der Waals surface area contributed by atoms with Gasteiger partial charge in [0.1, 0.15) is 0 Å². The van der Waals surface area contributed by atoms with Crippen molar-refractivity contribution in [2.45, 2.75) is 31.2 Å². The Labute approximate surface area is 164 Å². The highest BCUT2D eigenvalue weighted by Gasteiger charge is 2.33. The second-order valence-electron chi connectivity index (χ2n) is 7.58. The number of carbonyl (C=O) groups excluding carboxylic acids is 1. The summed E-state index contributed by atoms with van der Waals surface area (Å²) in [5.41, 5.74) is 2.85. The second-order valence-corrected chi connectivity index (χ2v) is 7.58. The first-order valence-corrected chi connectivity index (χ1v) is 9.90. The van der Waals surface area contributed by atoms with Crippen molar-refractivity contribution < 1.29 is 4.79 Å². The summed E-state index contributed by atoms with van der Waals surface area (Å²) in [5, 5.41) is 8.65. The molecule has 0 bridgehead atoms. The van der Waals surface area contributed by atoms with E-state index in [-0.39, 0.29) is 12.1 Å². The van der Waals surface area contributed by atoms with E-state index in [9.17, 15) is 4.79 Å². The van der Waals surface area contributed by atoms with Crippen molar-refractivity contribution in [3.05, 3.63) is 72.6 Å². The number of para-hydroxylation sites is 2. The van der Waals surface area contributed by atoms with Gasteiger partial charge in [0.05, 0.1) is 23.1 Å². The molecule has 1 saturated carbocycles. The molecular weight excluding hydrogens is 350 g/mol. The van der Waals surface area contributed by atoms with Gasteiger partial charge in [0.25, 0.3) is 0 Å². The molecular formula is C22H23N5O. The van der Waals surface area contributed by atoms with Crippen LogP contribution in [-0.2, 0) is 0 Å². The number of urea groups is 1. The number of benzene rings is 2. The molecule has 1 unspecified atom stereocenters. The minimum Gasteiger partial charge on any atom is -0.322 e. The lowest BCUT2D eigenvalue weighted by Crippen LogP contribution is -2.39. The maximum Gasteiger partial charge on any atom is 0.329 e. The van der Waals surface area contributed by atoms with Crippen LogP contribution in [0.5, 0.6) is 0 Å². The number of nitrogens with zero attached hydrogens (tertiary/aromatic N) is 5. The highest BCUT2D eigenvalue weighted by atomic mass is 16.2. The smallest absolute Gasteiger partial charge is 0.322 e. The Balaban J connectivity index is 1.37. The van der Waals surface area contributed by atoms with Crippen molar-refractivity contribution >= 4 is 17.4 Å². The number of carbonyl (C=O) groups is 1. The Kier molecular flexibility index (Phi) is 4.31. The van der Waals surface area contributed by atoms with Crippen molar-refractivity contribution in [1.29, 1.82) is 0 Å². The quantitative estimate of drug-likeness (QED) is 0.683. The largest absolute Gasteiger partial charge is 0.329 e. The van der Waals surface area contributed by atoms with Crippen LogP contribution < -0.4 is 4.90 Å². The van der Waals surface area contributed by atoms with Crippen LogP contribution in [0.15, 0.2) is 66.9 Å². The average Bonchev–Trinajstić information content (AvgIpc) is 3.27. The topological polar surface area (TPSA) is 54.3 Å². The maximum atomic E-state index is 13.5. The molecule has 5 rings (SSSR count). The van der Waals surface area contributed by atoms with Crippen molar-refractivity contribution in [2.24, 2.45) is 0 Å². The predicted molar refractivity (Wildman–Crippen MR) is 108 cm³/mol. The third kappa shape index (κ3) is 3.26. The summed E-state index contributed by atoms with van der Waals surface area (Å²) < 4.78 is 1.95. The minimum atomic E-state index is 0.00225. The van der Waals surface area contributed by atoms with Crippen molar-refractivity contribution in [3.63, 3.8) is 0 Å². The van der Waals surface area contributed by atoms with Crippen molar-refractivity contribution in [3.8, 4) is 0 Å². The fourth-order valence-corrected chi connectivity index (χ4v) is 3.83. The number of hydrogen-bond donors (Lipinski definition) is 0. The summed E-state index contributed by atoms with van der Waals surface area (Å²) in [6.07, 6.45) is 5.41. The molecule has 3 aromatic rings. The van der Waals surface area contributed by atoms with Gasteiger partial charge >= 0.3 is 6.03 Å². The van der Waals surface area contributed by atoms with Gasteiger partial charge in [-0.25, -0.2) is 9.48 Å². The second kappa shape index (κ2) is 7.11. The monoisotopic (exact) mass is 373 g/mol. The van der Waals surface area contributed by atoms with Crippen LogP contribution in [0.2, 0.25) is 0 Å². The van der Waals surface area contributed by atoms with E-state index < -0.39 is 0 Å². The minimum absolute atomic E-state index is 0.00225. The van der Waals surface area contributed by atoms with Gasteiger partial charge in [-0.1, -0.05) is 41.6 Å². The number of aromatic nitrogens is 3. The number of hydrogen-bond acceptors (Lipinski definition) is 3. The fraction of sp³-hybridized carbons (Fsp3) is 0.318. The standard InChI is InChI=1S/C22H23N5O/c28-22(27(18-7-3-1-4-8-18)19-9-5-2-6-10-19)25-14-13-20(15-25)26-16-21(23-24-26)17-11-12-17/h1-10,16-17,20H,11-15H2. The SMILES string of the molecule is O=C(N1CCC(n2cc(C3CC3)nn2)C1)N(c1ccccc1)c1ccccc1. The van der Waals surface area contributed by atoms with Gasteiger partial charge in [-0.2, -0.15) is 0 Å².